The van der Waals surface area contributed by atoms with Crippen LogP contribution in [0.4, 0.5) is 4.39 Å². The van der Waals surface area contributed by atoms with Gasteiger partial charge >= 0.3 is 0 Å². The van der Waals surface area contributed by atoms with Crippen molar-refractivity contribution in [2.75, 3.05) is 0 Å². The lowest BCUT2D eigenvalue weighted by Crippen LogP contribution is -2.23. The third-order valence-electron chi connectivity index (χ3n) is 2.75. The van der Waals surface area contributed by atoms with Crippen molar-refractivity contribution in [1.29, 1.82) is 0 Å². The number of halogens is 2. The molecule has 0 saturated heterocycles. The number of amides is 1. The summed E-state index contributed by atoms with van der Waals surface area (Å²) >= 11 is 3.15. The van der Waals surface area contributed by atoms with E-state index in [4.69, 9.17) is 5.11 Å². The molecule has 0 aliphatic carbocycles. The molecular formula is C15H13BrFNO2. The Morgan fingerprint density at radius 3 is 2.65 bits per heavy atom. The van der Waals surface area contributed by atoms with E-state index in [1.807, 2.05) is 18.2 Å². The van der Waals surface area contributed by atoms with Crippen LogP contribution in [0.1, 0.15) is 21.5 Å². The van der Waals surface area contributed by atoms with E-state index in [0.717, 1.165) is 11.1 Å². The van der Waals surface area contributed by atoms with Crippen LogP contribution in [-0.2, 0) is 13.2 Å². The van der Waals surface area contributed by atoms with E-state index in [1.165, 1.54) is 12.1 Å². The normalized spacial score (nSPS) is 10.3. The smallest absolute Gasteiger partial charge is 0.251 e. The molecule has 2 rings (SSSR count). The quantitative estimate of drug-likeness (QED) is 0.900. The number of carbonyl (C=O) groups is 1. The summed E-state index contributed by atoms with van der Waals surface area (Å²) in [6, 6.07) is 11.3. The molecule has 0 saturated carbocycles. The van der Waals surface area contributed by atoms with Crippen molar-refractivity contribution < 1.29 is 14.3 Å². The van der Waals surface area contributed by atoms with Gasteiger partial charge in [-0.3, -0.25) is 4.79 Å². The van der Waals surface area contributed by atoms with Gasteiger partial charge in [-0.05, 0) is 29.3 Å². The standard InChI is InChI=1S/C15H13BrFNO2/c16-13-5-12(6-14(17)7-13)15(20)18-8-10-2-1-3-11(4-10)9-19/h1-7,19H,8-9H2,(H,18,20). The third-order valence-corrected chi connectivity index (χ3v) is 3.21. The number of hydrogen-bond donors (Lipinski definition) is 2. The topological polar surface area (TPSA) is 49.3 Å². The van der Waals surface area contributed by atoms with Crippen LogP contribution in [0.5, 0.6) is 0 Å². The molecule has 3 nitrogen and oxygen atoms in total. The van der Waals surface area contributed by atoms with Crippen LogP contribution < -0.4 is 5.32 Å². The van der Waals surface area contributed by atoms with E-state index < -0.39 is 5.82 Å². The van der Waals surface area contributed by atoms with Gasteiger partial charge in [0.2, 0.25) is 0 Å². The highest BCUT2D eigenvalue weighted by atomic mass is 79.9. The number of benzene rings is 2. The van der Waals surface area contributed by atoms with Gasteiger partial charge in [-0.1, -0.05) is 40.2 Å². The fraction of sp³-hybridized carbons (Fsp3) is 0.133. The van der Waals surface area contributed by atoms with Crippen LogP contribution in [0.15, 0.2) is 46.9 Å². The van der Waals surface area contributed by atoms with E-state index in [2.05, 4.69) is 21.2 Å². The summed E-state index contributed by atoms with van der Waals surface area (Å²) in [4.78, 5) is 11.9. The predicted octanol–water partition coefficient (Wildman–Crippen LogP) is 3.01. The van der Waals surface area contributed by atoms with Crippen molar-refractivity contribution in [2.24, 2.45) is 0 Å². The van der Waals surface area contributed by atoms with Crippen LogP contribution in [0.25, 0.3) is 0 Å². The van der Waals surface area contributed by atoms with Crippen molar-refractivity contribution >= 4 is 21.8 Å². The molecule has 0 aliphatic heterocycles. The molecule has 0 aliphatic rings. The molecule has 0 fully saturated rings. The lowest BCUT2D eigenvalue weighted by Gasteiger charge is -2.07. The zero-order valence-electron chi connectivity index (χ0n) is 10.6. The Kier molecular flexibility index (Phi) is 4.87. The van der Waals surface area contributed by atoms with Crippen LogP contribution >= 0.6 is 15.9 Å². The molecular weight excluding hydrogens is 325 g/mol. The largest absolute Gasteiger partial charge is 0.392 e. The second kappa shape index (κ2) is 6.63. The maximum Gasteiger partial charge on any atom is 0.251 e. The van der Waals surface area contributed by atoms with Gasteiger partial charge < -0.3 is 10.4 Å². The fourth-order valence-corrected chi connectivity index (χ4v) is 2.27. The average molecular weight is 338 g/mol. The Balaban J connectivity index is 2.04. The summed E-state index contributed by atoms with van der Waals surface area (Å²) in [5, 5.41) is 11.8. The minimum absolute atomic E-state index is 0.0430. The van der Waals surface area contributed by atoms with Gasteiger partial charge in [-0.15, -0.1) is 0 Å². The van der Waals surface area contributed by atoms with Crippen molar-refractivity contribution in [2.45, 2.75) is 13.2 Å². The van der Waals surface area contributed by atoms with E-state index >= 15 is 0 Å². The van der Waals surface area contributed by atoms with Gasteiger partial charge in [0.15, 0.2) is 0 Å². The van der Waals surface area contributed by atoms with Crippen LogP contribution in [0.3, 0.4) is 0 Å². The summed E-state index contributed by atoms with van der Waals surface area (Å²) in [6.07, 6.45) is 0. The van der Waals surface area contributed by atoms with E-state index in [-0.39, 0.29) is 18.1 Å². The number of hydrogen-bond acceptors (Lipinski definition) is 2. The Labute approximate surface area is 124 Å². The predicted molar refractivity (Wildman–Crippen MR) is 77.6 cm³/mol. The zero-order valence-corrected chi connectivity index (χ0v) is 12.2. The first-order valence-corrected chi connectivity index (χ1v) is 6.81. The highest BCUT2D eigenvalue weighted by Gasteiger charge is 2.08. The van der Waals surface area contributed by atoms with Crippen LogP contribution in [0.2, 0.25) is 0 Å². The zero-order chi connectivity index (χ0) is 14.5. The summed E-state index contributed by atoms with van der Waals surface area (Å²) in [5.41, 5.74) is 1.92. The van der Waals surface area contributed by atoms with E-state index in [9.17, 15) is 9.18 Å². The molecule has 0 unspecified atom stereocenters. The number of aliphatic hydroxyl groups is 1. The van der Waals surface area contributed by atoms with Gasteiger partial charge in [0.1, 0.15) is 5.82 Å². The monoisotopic (exact) mass is 337 g/mol. The van der Waals surface area contributed by atoms with E-state index in [1.54, 1.807) is 12.1 Å². The molecule has 5 heteroatoms. The molecule has 2 N–H and O–H groups in total. The summed E-state index contributed by atoms with van der Waals surface area (Å²) in [5.74, 6) is -0.814. The number of nitrogens with one attached hydrogen (secondary N) is 1. The second-order valence-electron chi connectivity index (χ2n) is 4.32. The van der Waals surface area contributed by atoms with Crippen molar-refractivity contribution in [3.63, 3.8) is 0 Å². The highest BCUT2D eigenvalue weighted by molar-refractivity contribution is 9.10. The summed E-state index contributed by atoms with van der Waals surface area (Å²) in [7, 11) is 0. The number of aliphatic hydroxyl groups excluding tert-OH is 1. The SMILES string of the molecule is O=C(NCc1cccc(CO)c1)c1cc(F)cc(Br)c1. The van der Waals surface area contributed by atoms with Crippen LogP contribution in [0, 0.1) is 5.82 Å². The summed E-state index contributed by atoms with van der Waals surface area (Å²) < 4.78 is 13.7. The van der Waals surface area contributed by atoms with Gasteiger partial charge in [0.25, 0.3) is 5.91 Å². The molecule has 1 amide bonds. The average Bonchev–Trinajstić information content (AvgIpc) is 2.44. The first-order valence-electron chi connectivity index (χ1n) is 6.01. The Hall–Kier alpha value is -1.72. The minimum atomic E-state index is -0.466. The van der Waals surface area contributed by atoms with E-state index in [0.29, 0.717) is 11.0 Å². The van der Waals surface area contributed by atoms with Gasteiger partial charge in [-0.2, -0.15) is 0 Å². The highest BCUT2D eigenvalue weighted by Crippen LogP contribution is 2.15. The molecule has 104 valence electrons. The second-order valence-corrected chi connectivity index (χ2v) is 5.23. The molecule has 0 heterocycles. The molecule has 0 atom stereocenters. The fourth-order valence-electron chi connectivity index (χ4n) is 1.81. The molecule has 0 aromatic heterocycles. The summed E-state index contributed by atoms with van der Waals surface area (Å²) in [6.45, 7) is 0.277. The first kappa shape index (κ1) is 14.7. The number of carbonyl (C=O) groups excluding carboxylic acids is 1. The Bertz CT molecular complexity index is 611. The molecule has 0 spiro atoms. The van der Waals surface area contributed by atoms with Gasteiger partial charge in [0.05, 0.1) is 6.61 Å². The molecule has 20 heavy (non-hydrogen) atoms. The van der Waals surface area contributed by atoms with Crippen molar-refractivity contribution in [1.82, 2.24) is 5.32 Å². The Morgan fingerprint density at radius 2 is 1.95 bits per heavy atom. The lowest BCUT2D eigenvalue weighted by molar-refractivity contribution is 0.0950. The third kappa shape index (κ3) is 3.88. The molecule has 2 aromatic rings. The minimum Gasteiger partial charge on any atom is -0.392 e. The van der Waals surface area contributed by atoms with Crippen molar-refractivity contribution in [3.8, 4) is 0 Å². The maximum atomic E-state index is 13.2. The number of rotatable bonds is 4. The molecule has 2 aromatic carbocycles. The van der Waals surface area contributed by atoms with Gasteiger partial charge in [0, 0.05) is 16.6 Å². The van der Waals surface area contributed by atoms with Crippen LogP contribution in [-0.4, -0.2) is 11.0 Å². The lowest BCUT2D eigenvalue weighted by atomic mass is 10.1. The molecule has 0 bridgehead atoms. The Morgan fingerprint density at radius 1 is 1.20 bits per heavy atom. The van der Waals surface area contributed by atoms with Gasteiger partial charge in [-0.25, -0.2) is 4.39 Å². The molecule has 0 radical (unpaired) electrons. The first-order chi connectivity index (χ1) is 9.58. The maximum absolute atomic E-state index is 13.2. The van der Waals surface area contributed by atoms with Crippen molar-refractivity contribution in [3.05, 3.63) is 69.4 Å².